The third-order valence-electron chi connectivity index (χ3n) is 2.48. The van der Waals surface area contributed by atoms with E-state index in [9.17, 15) is 9.59 Å². The maximum Gasteiger partial charge on any atom is 0.339 e. The van der Waals surface area contributed by atoms with Gasteiger partial charge in [0, 0.05) is 6.54 Å². The highest BCUT2D eigenvalue weighted by Crippen LogP contribution is 2.17. The number of carbonyl (C=O) groups is 2. The maximum absolute atomic E-state index is 11.1. The zero-order valence-corrected chi connectivity index (χ0v) is 10.9. The van der Waals surface area contributed by atoms with Crippen LogP contribution in [-0.4, -0.2) is 43.3 Å². The van der Waals surface area contributed by atoms with Crippen LogP contribution < -0.4 is 10.1 Å². The minimum absolute atomic E-state index is 0.114. The van der Waals surface area contributed by atoms with Gasteiger partial charge in [-0.3, -0.25) is 4.79 Å². The molecule has 6 heteroatoms. The van der Waals surface area contributed by atoms with Crippen LogP contribution >= 0.6 is 0 Å². The molecule has 1 unspecified atom stereocenters. The molecule has 0 aromatic heterocycles. The van der Waals surface area contributed by atoms with Gasteiger partial charge in [-0.25, -0.2) is 4.79 Å². The summed E-state index contributed by atoms with van der Waals surface area (Å²) in [5, 5.41) is 11.9. The lowest BCUT2D eigenvalue weighted by Gasteiger charge is -2.12. The fourth-order valence-electron chi connectivity index (χ4n) is 1.47. The quantitative estimate of drug-likeness (QED) is 0.564. The predicted octanol–water partition coefficient (Wildman–Crippen LogP) is 0.915. The van der Waals surface area contributed by atoms with Gasteiger partial charge in [0.25, 0.3) is 0 Å². The number of benzene rings is 1. The van der Waals surface area contributed by atoms with Crippen LogP contribution in [0.5, 0.6) is 5.75 Å². The molecule has 104 valence electrons. The van der Waals surface area contributed by atoms with Gasteiger partial charge in [-0.2, -0.15) is 0 Å². The van der Waals surface area contributed by atoms with E-state index in [1.807, 2.05) is 0 Å². The number of ether oxygens (including phenoxy) is 2. The molecule has 1 aromatic rings. The fourth-order valence-corrected chi connectivity index (χ4v) is 1.47. The van der Waals surface area contributed by atoms with E-state index in [-0.39, 0.29) is 18.1 Å². The van der Waals surface area contributed by atoms with Crippen molar-refractivity contribution in [3.05, 3.63) is 29.8 Å². The van der Waals surface area contributed by atoms with Gasteiger partial charge in [0.05, 0.1) is 7.11 Å². The van der Waals surface area contributed by atoms with Gasteiger partial charge in [-0.1, -0.05) is 12.1 Å². The van der Waals surface area contributed by atoms with Crippen molar-refractivity contribution in [1.29, 1.82) is 0 Å². The minimum atomic E-state index is -1.04. The van der Waals surface area contributed by atoms with Crippen molar-refractivity contribution in [3.8, 4) is 5.75 Å². The predicted molar refractivity (Wildman–Crippen MR) is 68.4 cm³/mol. The average molecular weight is 267 g/mol. The number of carbonyl (C=O) groups excluding carboxylic acids is 1. The van der Waals surface area contributed by atoms with Crippen LogP contribution in [0.2, 0.25) is 0 Å². The number of aromatic carboxylic acids is 1. The smallest absolute Gasteiger partial charge is 0.339 e. The maximum atomic E-state index is 11.1. The van der Waals surface area contributed by atoms with Crippen LogP contribution in [0.4, 0.5) is 0 Å². The van der Waals surface area contributed by atoms with Crippen LogP contribution in [0.3, 0.4) is 0 Å². The summed E-state index contributed by atoms with van der Waals surface area (Å²) in [6.07, 6.45) is 0. The van der Waals surface area contributed by atoms with Crippen molar-refractivity contribution in [2.75, 3.05) is 20.3 Å². The highest BCUT2D eigenvalue weighted by atomic mass is 16.5. The number of methoxy groups -OCH3 is 1. The lowest BCUT2D eigenvalue weighted by Crippen LogP contribution is -2.37. The van der Waals surface area contributed by atoms with E-state index in [2.05, 4.69) is 10.1 Å². The molecule has 0 amide bonds. The molecule has 1 rings (SSSR count). The average Bonchev–Trinajstić information content (AvgIpc) is 2.42. The zero-order valence-electron chi connectivity index (χ0n) is 10.9. The van der Waals surface area contributed by atoms with Crippen LogP contribution in [0.25, 0.3) is 0 Å². The van der Waals surface area contributed by atoms with Crippen molar-refractivity contribution in [3.63, 3.8) is 0 Å². The van der Waals surface area contributed by atoms with E-state index < -0.39 is 12.0 Å². The van der Waals surface area contributed by atoms with Crippen molar-refractivity contribution < 1.29 is 24.2 Å². The number of rotatable bonds is 7. The second-order valence-electron chi connectivity index (χ2n) is 3.85. The number of para-hydroxylation sites is 1. The van der Waals surface area contributed by atoms with Crippen LogP contribution in [0, 0.1) is 0 Å². The Bertz CT molecular complexity index is 446. The molecule has 0 saturated carbocycles. The van der Waals surface area contributed by atoms with Gasteiger partial charge in [0.15, 0.2) is 0 Å². The van der Waals surface area contributed by atoms with E-state index in [4.69, 9.17) is 9.84 Å². The number of esters is 1. The Morgan fingerprint density at radius 2 is 2.05 bits per heavy atom. The SMILES string of the molecule is COC(=O)C(C)NCCOc1ccccc1C(=O)O. The molecule has 1 aromatic carbocycles. The molecule has 0 aliphatic heterocycles. The number of carboxylic acids is 1. The summed E-state index contributed by atoms with van der Waals surface area (Å²) in [6, 6.07) is 5.97. The molecule has 0 radical (unpaired) electrons. The molecule has 0 heterocycles. The Labute approximate surface area is 111 Å². The summed E-state index contributed by atoms with van der Waals surface area (Å²) in [4.78, 5) is 22.1. The van der Waals surface area contributed by atoms with Gasteiger partial charge in [-0.15, -0.1) is 0 Å². The largest absolute Gasteiger partial charge is 0.491 e. The van der Waals surface area contributed by atoms with Gasteiger partial charge < -0.3 is 19.9 Å². The van der Waals surface area contributed by atoms with Gasteiger partial charge >= 0.3 is 11.9 Å². The molecular weight excluding hydrogens is 250 g/mol. The van der Waals surface area contributed by atoms with Crippen molar-refractivity contribution in [1.82, 2.24) is 5.32 Å². The lowest BCUT2D eigenvalue weighted by molar-refractivity contribution is -0.142. The molecule has 19 heavy (non-hydrogen) atoms. The topological polar surface area (TPSA) is 84.9 Å². The summed E-state index contributed by atoms with van der Waals surface area (Å²) in [6.45, 7) is 2.34. The molecule has 0 saturated heterocycles. The van der Waals surface area contributed by atoms with Crippen molar-refractivity contribution in [2.45, 2.75) is 13.0 Å². The molecule has 2 N–H and O–H groups in total. The first-order valence-corrected chi connectivity index (χ1v) is 5.82. The molecule has 1 atom stereocenters. The molecule has 0 bridgehead atoms. The first-order chi connectivity index (χ1) is 9.06. The standard InChI is InChI=1S/C13H17NO5/c1-9(13(17)18-2)14-7-8-19-11-6-4-3-5-10(11)12(15)16/h3-6,9,14H,7-8H2,1-2H3,(H,15,16). The third kappa shape index (κ3) is 4.59. The Kier molecular flexibility index (Phi) is 5.81. The number of hydrogen-bond acceptors (Lipinski definition) is 5. The summed E-state index contributed by atoms with van der Waals surface area (Å²) >= 11 is 0. The summed E-state index contributed by atoms with van der Waals surface area (Å²) in [5.74, 6) is -1.08. The molecule has 6 nitrogen and oxygen atoms in total. The van der Waals surface area contributed by atoms with Crippen molar-refractivity contribution >= 4 is 11.9 Å². The second-order valence-corrected chi connectivity index (χ2v) is 3.85. The summed E-state index contributed by atoms with van der Waals surface area (Å²) < 4.78 is 9.92. The summed E-state index contributed by atoms with van der Waals surface area (Å²) in [5.41, 5.74) is 0.114. The number of hydrogen-bond donors (Lipinski definition) is 2. The van der Waals surface area contributed by atoms with Crippen LogP contribution in [0.15, 0.2) is 24.3 Å². The molecule has 0 spiro atoms. The Hall–Kier alpha value is -2.08. The van der Waals surface area contributed by atoms with Crippen molar-refractivity contribution in [2.24, 2.45) is 0 Å². The van der Waals surface area contributed by atoms with Crippen LogP contribution in [0.1, 0.15) is 17.3 Å². The fraction of sp³-hybridized carbons (Fsp3) is 0.385. The summed E-state index contributed by atoms with van der Waals surface area (Å²) in [7, 11) is 1.32. The molecular formula is C13H17NO5. The van der Waals surface area contributed by atoms with E-state index in [0.29, 0.717) is 12.3 Å². The molecule has 0 aliphatic carbocycles. The lowest BCUT2D eigenvalue weighted by atomic mass is 10.2. The Morgan fingerprint density at radius 3 is 2.68 bits per heavy atom. The van der Waals surface area contributed by atoms with E-state index in [0.717, 1.165) is 0 Å². The molecule has 0 aliphatic rings. The zero-order chi connectivity index (χ0) is 14.3. The highest BCUT2D eigenvalue weighted by molar-refractivity contribution is 5.90. The number of nitrogens with one attached hydrogen (secondary N) is 1. The normalized spacial score (nSPS) is 11.7. The number of carboxylic acid groups (broad SMARTS) is 1. The first kappa shape index (κ1) is 15.0. The van der Waals surface area contributed by atoms with Gasteiger partial charge in [0.2, 0.25) is 0 Å². The Balaban J connectivity index is 2.42. The Morgan fingerprint density at radius 1 is 1.37 bits per heavy atom. The van der Waals surface area contributed by atoms with E-state index >= 15 is 0 Å². The van der Waals surface area contributed by atoms with Crippen LogP contribution in [-0.2, 0) is 9.53 Å². The van der Waals surface area contributed by atoms with Gasteiger partial charge in [0.1, 0.15) is 24.0 Å². The first-order valence-electron chi connectivity index (χ1n) is 5.82. The van der Waals surface area contributed by atoms with E-state index in [1.54, 1.807) is 25.1 Å². The molecule has 0 fully saturated rings. The second kappa shape index (κ2) is 7.38. The third-order valence-corrected chi connectivity index (χ3v) is 2.48. The van der Waals surface area contributed by atoms with E-state index in [1.165, 1.54) is 13.2 Å². The monoisotopic (exact) mass is 267 g/mol. The minimum Gasteiger partial charge on any atom is -0.491 e. The highest BCUT2D eigenvalue weighted by Gasteiger charge is 2.12. The van der Waals surface area contributed by atoms with Gasteiger partial charge in [-0.05, 0) is 19.1 Å².